The molecule has 0 saturated heterocycles. The van der Waals surface area contributed by atoms with E-state index in [0.29, 0.717) is 25.9 Å². The standard InChI is InChI=1S/C14H11BrN2O2S/c1-6-3-12(20-7(6)2)13(18)8-4-10-11(5-9(8)15)17-14(19)16-10/h3-5H,1-2H3,(H2,16,17,19). The molecule has 20 heavy (non-hydrogen) atoms. The van der Waals surface area contributed by atoms with Crippen molar-refractivity contribution in [3.8, 4) is 0 Å². The van der Waals surface area contributed by atoms with Gasteiger partial charge in [-0.1, -0.05) is 0 Å². The minimum Gasteiger partial charge on any atom is -0.306 e. The van der Waals surface area contributed by atoms with Gasteiger partial charge in [0.05, 0.1) is 15.9 Å². The minimum atomic E-state index is -0.278. The molecule has 0 saturated carbocycles. The summed E-state index contributed by atoms with van der Waals surface area (Å²) in [6.07, 6.45) is 0. The summed E-state index contributed by atoms with van der Waals surface area (Å²) in [6, 6.07) is 5.34. The van der Waals surface area contributed by atoms with E-state index in [1.54, 1.807) is 12.1 Å². The molecule has 0 bridgehead atoms. The van der Waals surface area contributed by atoms with E-state index < -0.39 is 0 Å². The Bertz CT molecular complexity index is 869. The number of imidazole rings is 1. The molecule has 0 spiro atoms. The van der Waals surface area contributed by atoms with Gasteiger partial charge in [0, 0.05) is 14.9 Å². The summed E-state index contributed by atoms with van der Waals surface area (Å²) >= 11 is 4.88. The van der Waals surface area contributed by atoms with Crippen LogP contribution in [0.15, 0.2) is 27.5 Å². The van der Waals surface area contributed by atoms with Gasteiger partial charge in [0.1, 0.15) is 0 Å². The monoisotopic (exact) mass is 350 g/mol. The van der Waals surface area contributed by atoms with Gasteiger partial charge in [-0.15, -0.1) is 11.3 Å². The number of aromatic amines is 2. The van der Waals surface area contributed by atoms with Crippen LogP contribution in [0.3, 0.4) is 0 Å². The quantitative estimate of drug-likeness (QED) is 0.694. The Morgan fingerprint density at radius 2 is 1.80 bits per heavy atom. The van der Waals surface area contributed by atoms with Crippen molar-refractivity contribution in [3.63, 3.8) is 0 Å². The number of carbonyl (C=O) groups is 1. The van der Waals surface area contributed by atoms with Gasteiger partial charge in [-0.3, -0.25) is 4.79 Å². The zero-order valence-electron chi connectivity index (χ0n) is 10.8. The molecular weight excluding hydrogens is 340 g/mol. The fraction of sp³-hybridized carbons (Fsp3) is 0.143. The van der Waals surface area contributed by atoms with E-state index in [1.165, 1.54) is 11.3 Å². The van der Waals surface area contributed by atoms with Crippen molar-refractivity contribution < 1.29 is 4.79 Å². The van der Waals surface area contributed by atoms with Gasteiger partial charge in [0.25, 0.3) is 0 Å². The van der Waals surface area contributed by atoms with Gasteiger partial charge in [0.2, 0.25) is 5.78 Å². The molecular formula is C14H11BrN2O2S. The number of H-pyrrole nitrogens is 2. The van der Waals surface area contributed by atoms with Crippen molar-refractivity contribution in [3.05, 3.63) is 54.0 Å². The molecule has 2 heterocycles. The van der Waals surface area contributed by atoms with Crippen LogP contribution in [-0.2, 0) is 0 Å². The van der Waals surface area contributed by atoms with E-state index in [1.807, 2.05) is 19.9 Å². The highest BCUT2D eigenvalue weighted by atomic mass is 79.9. The molecule has 1 aromatic carbocycles. The second-order valence-corrected chi connectivity index (χ2v) is 6.75. The number of aromatic nitrogens is 2. The van der Waals surface area contributed by atoms with E-state index in [0.717, 1.165) is 10.4 Å². The number of hydrogen-bond acceptors (Lipinski definition) is 3. The number of thiophene rings is 1. The summed E-state index contributed by atoms with van der Waals surface area (Å²) in [4.78, 5) is 31.0. The molecule has 2 N–H and O–H groups in total. The van der Waals surface area contributed by atoms with Gasteiger partial charge >= 0.3 is 5.69 Å². The molecule has 0 aliphatic rings. The van der Waals surface area contributed by atoms with Crippen molar-refractivity contribution in [1.29, 1.82) is 0 Å². The Kier molecular flexibility index (Phi) is 3.14. The highest BCUT2D eigenvalue weighted by Gasteiger charge is 2.17. The number of hydrogen-bond donors (Lipinski definition) is 2. The first-order valence-electron chi connectivity index (χ1n) is 5.99. The molecule has 102 valence electrons. The average Bonchev–Trinajstić information content (AvgIpc) is 2.90. The lowest BCUT2D eigenvalue weighted by Gasteiger charge is -2.02. The predicted octanol–water partition coefficient (Wildman–Crippen LogP) is 3.53. The fourth-order valence-corrected chi connectivity index (χ4v) is 3.56. The number of carbonyl (C=O) groups excluding carboxylic acids is 1. The van der Waals surface area contributed by atoms with Crippen LogP contribution in [0.4, 0.5) is 0 Å². The van der Waals surface area contributed by atoms with Gasteiger partial charge in [-0.2, -0.15) is 0 Å². The third-order valence-electron chi connectivity index (χ3n) is 3.24. The third kappa shape index (κ3) is 2.14. The van der Waals surface area contributed by atoms with Gasteiger partial charge in [-0.05, 0) is 53.5 Å². The Labute approximate surface area is 127 Å². The van der Waals surface area contributed by atoms with Crippen LogP contribution in [0.25, 0.3) is 11.0 Å². The Hall–Kier alpha value is -1.66. The molecule has 0 radical (unpaired) electrons. The van der Waals surface area contributed by atoms with Crippen LogP contribution < -0.4 is 5.69 Å². The van der Waals surface area contributed by atoms with Crippen LogP contribution >= 0.6 is 27.3 Å². The Balaban J connectivity index is 2.15. The van der Waals surface area contributed by atoms with Gasteiger partial charge in [-0.25, -0.2) is 4.79 Å². The van der Waals surface area contributed by atoms with Crippen molar-refractivity contribution in [2.75, 3.05) is 0 Å². The SMILES string of the molecule is Cc1cc(C(=O)c2cc3[nH]c(=O)[nH]c3cc2Br)sc1C. The van der Waals surface area contributed by atoms with E-state index >= 15 is 0 Å². The first-order chi connectivity index (χ1) is 9.45. The number of fused-ring (bicyclic) bond motifs is 1. The lowest BCUT2D eigenvalue weighted by Crippen LogP contribution is -2.00. The summed E-state index contributed by atoms with van der Waals surface area (Å²) in [5.74, 6) is -0.0398. The van der Waals surface area contributed by atoms with E-state index in [-0.39, 0.29) is 11.5 Å². The summed E-state index contributed by atoms with van der Waals surface area (Å²) in [7, 11) is 0. The normalized spacial score (nSPS) is 11.2. The zero-order valence-corrected chi connectivity index (χ0v) is 13.2. The number of benzene rings is 1. The maximum Gasteiger partial charge on any atom is 0.323 e. The summed E-state index contributed by atoms with van der Waals surface area (Å²) < 4.78 is 0.675. The molecule has 3 rings (SSSR count). The second kappa shape index (κ2) is 4.71. The number of halogens is 1. The topological polar surface area (TPSA) is 65.7 Å². The molecule has 6 heteroatoms. The van der Waals surface area contributed by atoms with Crippen molar-refractivity contribution in [2.24, 2.45) is 0 Å². The lowest BCUT2D eigenvalue weighted by molar-refractivity contribution is 0.104. The Morgan fingerprint density at radius 3 is 2.40 bits per heavy atom. The predicted molar refractivity (Wildman–Crippen MR) is 83.8 cm³/mol. The van der Waals surface area contributed by atoms with E-state index in [9.17, 15) is 9.59 Å². The number of aryl methyl sites for hydroxylation is 2. The Morgan fingerprint density at radius 1 is 1.15 bits per heavy atom. The minimum absolute atomic E-state index is 0.0398. The summed E-state index contributed by atoms with van der Waals surface area (Å²) in [5, 5.41) is 0. The molecule has 4 nitrogen and oxygen atoms in total. The fourth-order valence-electron chi connectivity index (χ4n) is 2.05. The molecule has 3 aromatic rings. The average molecular weight is 351 g/mol. The van der Waals surface area contributed by atoms with Gasteiger partial charge < -0.3 is 9.97 Å². The van der Waals surface area contributed by atoms with Crippen molar-refractivity contribution in [2.45, 2.75) is 13.8 Å². The van der Waals surface area contributed by atoms with Crippen LogP contribution in [-0.4, -0.2) is 15.8 Å². The molecule has 0 amide bonds. The first kappa shape index (κ1) is 13.3. The number of nitrogens with one attached hydrogen (secondary N) is 2. The van der Waals surface area contributed by atoms with Crippen LogP contribution in [0.5, 0.6) is 0 Å². The van der Waals surface area contributed by atoms with Gasteiger partial charge in [0.15, 0.2) is 0 Å². The lowest BCUT2D eigenvalue weighted by atomic mass is 10.1. The summed E-state index contributed by atoms with van der Waals surface area (Å²) in [5.41, 5.74) is 2.70. The maximum atomic E-state index is 12.6. The van der Waals surface area contributed by atoms with E-state index in [4.69, 9.17) is 0 Å². The smallest absolute Gasteiger partial charge is 0.306 e. The molecule has 0 aliphatic heterocycles. The number of ketones is 1. The van der Waals surface area contributed by atoms with E-state index in [2.05, 4.69) is 25.9 Å². The third-order valence-corrected chi connectivity index (χ3v) is 5.05. The highest BCUT2D eigenvalue weighted by molar-refractivity contribution is 9.10. The molecule has 0 aliphatic carbocycles. The maximum absolute atomic E-state index is 12.6. The number of rotatable bonds is 2. The summed E-state index contributed by atoms with van der Waals surface area (Å²) in [6.45, 7) is 3.99. The highest BCUT2D eigenvalue weighted by Crippen LogP contribution is 2.28. The molecule has 0 unspecified atom stereocenters. The van der Waals surface area contributed by atoms with Crippen molar-refractivity contribution in [1.82, 2.24) is 9.97 Å². The first-order valence-corrected chi connectivity index (χ1v) is 7.60. The second-order valence-electron chi connectivity index (χ2n) is 4.64. The largest absolute Gasteiger partial charge is 0.323 e. The van der Waals surface area contributed by atoms with Crippen LogP contribution in [0.2, 0.25) is 0 Å². The molecule has 0 fully saturated rings. The zero-order chi connectivity index (χ0) is 14.4. The van der Waals surface area contributed by atoms with Crippen molar-refractivity contribution >= 4 is 44.1 Å². The van der Waals surface area contributed by atoms with Crippen LogP contribution in [0.1, 0.15) is 25.7 Å². The molecule has 2 aromatic heterocycles. The van der Waals surface area contributed by atoms with Crippen LogP contribution in [0, 0.1) is 13.8 Å². The molecule has 0 atom stereocenters.